The molecule has 0 atom stereocenters. The highest BCUT2D eigenvalue weighted by Gasteiger charge is 2.28. The van der Waals surface area contributed by atoms with Crippen LogP contribution in [0.25, 0.3) is 0 Å². The lowest BCUT2D eigenvalue weighted by Gasteiger charge is -2.20. The summed E-state index contributed by atoms with van der Waals surface area (Å²) < 4.78 is 46.8. The van der Waals surface area contributed by atoms with Gasteiger partial charge < -0.3 is 14.8 Å². The lowest BCUT2D eigenvalue weighted by Crippen LogP contribution is -2.46. The molecule has 138 valence electrons. The van der Waals surface area contributed by atoms with Crippen molar-refractivity contribution in [3.05, 3.63) is 23.8 Å². The Hall–Kier alpha value is -2.49. The van der Waals surface area contributed by atoms with Gasteiger partial charge in [-0.3, -0.25) is 15.0 Å². The van der Waals surface area contributed by atoms with Crippen LogP contribution in [-0.2, 0) is 11.3 Å². The molecule has 0 aromatic heterocycles. The van der Waals surface area contributed by atoms with Gasteiger partial charge in [0, 0.05) is 6.54 Å². The molecule has 0 fully saturated rings. The van der Waals surface area contributed by atoms with E-state index in [0.29, 0.717) is 31.3 Å². The third kappa shape index (κ3) is 6.49. The zero-order chi connectivity index (χ0) is 18.4. The summed E-state index contributed by atoms with van der Waals surface area (Å²) in [6.45, 7) is -0.328. The molecule has 0 saturated heterocycles. The lowest BCUT2D eigenvalue weighted by atomic mass is 10.2. The Morgan fingerprint density at radius 3 is 2.56 bits per heavy atom. The fourth-order valence-corrected chi connectivity index (χ4v) is 2.19. The Kier molecular flexibility index (Phi) is 6.07. The van der Waals surface area contributed by atoms with Crippen LogP contribution < -0.4 is 20.1 Å². The number of nitrogens with one attached hydrogen (secondary N) is 2. The third-order valence-electron chi connectivity index (χ3n) is 3.17. The SMILES string of the molecule is CN(CC(=O)NC(=O)NCC(F)(F)F)Cc1ccc2c(c1)OCCO2. The summed E-state index contributed by atoms with van der Waals surface area (Å²) in [6, 6.07) is 4.19. The summed E-state index contributed by atoms with van der Waals surface area (Å²) in [6.07, 6.45) is -4.53. The smallest absolute Gasteiger partial charge is 0.405 e. The summed E-state index contributed by atoms with van der Waals surface area (Å²) in [5.74, 6) is 0.560. The summed E-state index contributed by atoms with van der Waals surface area (Å²) >= 11 is 0. The second-order valence-electron chi connectivity index (χ2n) is 5.50. The van der Waals surface area contributed by atoms with Gasteiger partial charge in [-0.25, -0.2) is 4.79 Å². The molecule has 0 unspecified atom stereocenters. The van der Waals surface area contributed by atoms with Crippen molar-refractivity contribution in [3.63, 3.8) is 0 Å². The van der Waals surface area contributed by atoms with E-state index in [9.17, 15) is 22.8 Å². The largest absolute Gasteiger partial charge is 0.486 e. The number of rotatable bonds is 5. The van der Waals surface area contributed by atoms with Gasteiger partial charge in [-0.2, -0.15) is 13.2 Å². The minimum atomic E-state index is -4.53. The van der Waals surface area contributed by atoms with Gasteiger partial charge in [0.15, 0.2) is 11.5 Å². The molecule has 25 heavy (non-hydrogen) atoms. The van der Waals surface area contributed by atoms with E-state index in [2.05, 4.69) is 0 Å². The van der Waals surface area contributed by atoms with E-state index in [1.165, 1.54) is 0 Å². The topological polar surface area (TPSA) is 79.9 Å². The normalized spacial score (nSPS) is 13.5. The van der Waals surface area contributed by atoms with Crippen LogP contribution in [0.1, 0.15) is 5.56 Å². The van der Waals surface area contributed by atoms with Crippen LogP contribution in [0, 0.1) is 0 Å². The van der Waals surface area contributed by atoms with Crippen molar-refractivity contribution in [2.75, 3.05) is 33.4 Å². The minimum absolute atomic E-state index is 0.159. The maximum absolute atomic E-state index is 12.0. The molecule has 0 bridgehead atoms. The molecular formula is C15H18F3N3O4. The fraction of sp³-hybridized carbons (Fsp3) is 0.467. The highest BCUT2D eigenvalue weighted by molar-refractivity contribution is 5.95. The summed E-state index contributed by atoms with van der Waals surface area (Å²) in [7, 11) is 1.64. The van der Waals surface area contributed by atoms with Gasteiger partial charge >= 0.3 is 12.2 Å². The van der Waals surface area contributed by atoms with Crippen LogP contribution in [0.3, 0.4) is 0 Å². The van der Waals surface area contributed by atoms with E-state index in [4.69, 9.17) is 9.47 Å². The first kappa shape index (κ1) is 18.8. The fourth-order valence-electron chi connectivity index (χ4n) is 2.19. The quantitative estimate of drug-likeness (QED) is 0.826. The molecule has 2 N–H and O–H groups in total. The zero-order valence-corrected chi connectivity index (χ0v) is 13.5. The zero-order valence-electron chi connectivity index (χ0n) is 13.5. The molecule has 1 aromatic rings. The van der Waals surface area contributed by atoms with Crippen LogP contribution >= 0.6 is 0 Å². The van der Waals surface area contributed by atoms with Crippen molar-refractivity contribution in [2.45, 2.75) is 12.7 Å². The number of hydrogen-bond donors (Lipinski definition) is 2. The number of fused-ring (bicyclic) bond motifs is 1. The maximum atomic E-state index is 12.0. The molecule has 2 rings (SSSR count). The third-order valence-corrected chi connectivity index (χ3v) is 3.17. The highest BCUT2D eigenvalue weighted by Crippen LogP contribution is 2.30. The number of halogens is 3. The second kappa shape index (κ2) is 8.06. The van der Waals surface area contributed by atoms with Crippen molar-refractivity contribution in [3.8, 4) is 11.5 Å². The Balaban J connectivity index is 1.78. The number of likely N-dealkylation sites (N-methyl/N-ethyl adjacent to an activating group) is 1. The van der Waals surface area contributed by atoms with Crippen LogP contribution in [0.15, 0.2) is 18.2 Å². The van der Waals surface area contributed by atoms with Gasteiger partial charge in [-0.1, -0.05) is 6.07 Å². The first-order chi connectivity index (χ1) is 11.7. The number of nitrogens with zero attached hydrogens (tertiary/aromatic N) is 1. The molecule has 0 aliphatic carbocycles. The Morgan fingerprint density at radius 1 is 1.20 bits per heavy atom. The number of carbonyl (C=O) groups excluding carboxylic acids is 2. The van der Waals surface area contributed by atoms with Gasteiger partial charge in [0.1, 0.15) is 19.8 Å². The molecule has 10 heteroatoms. The molecule has 3 amide bonds. The van der Waals surface area contributed by atoms with Crippen LogP contribution in [0.5, 0.6) is 11.5 Å². The van der Waals surface area contributed by atoms with E-state index in [1.807, 2.05) is 11.4 Å². The highest BCUT2D eigenvalue weighted by atomic mass is 19.4. The summed E-state index contributed by atoms with van der Waals surface area (Å²) in [5, 5.41) is 3.41. The average Bonchev–Trinajstić information content (AvgIpc) is 2.52. The Bertz CT molecular complexity index is 637. The van der Waals surface area contributed by atoms with E-state index in [1.54, 1.807) is 29.4 Å². The van der Waals surface area contributed by atoms with Crippen LogP contribution in [0.4, 0.5) is 18.0 Å². The number of benzene rings is 1. The van der Waals surface area contributed by atoms with E-state index in [-0.39, 0.29) is 6.54 Å². The van der Waals surface area contributed by atoms with E-state index >= 15 is 0 Å². The van der Waals surface area contributed by atoms with Crippen molar-refractivity contribution in [1.29, 1.82) is 0 Å². The molecule has 1 heterocycles. The maximum Gasteiger partial charge on any atom is 0.405 e. The number of amides is 3. The predicted octanol–water partition coefficient (Wildman–Crippen LogP) is 1.28. The van der Waals surface area contributed by atoms with Crippen molar-refractivity contribution >= 4 is 11.9 Å². The number of carbonyl (C=O) groups is 2. The van der Waals surface area contributed by atoms with E-state index < -0.39 is 24.7 Å². The van der Waals surface area contributed by atoms with Gasteiger partial charge in [-0.05, 0) is 24.7 Å². The Morgan fingerprint density at radius 2 is 1.88 bits per heavy atom. The molecule has 0 radical (unpaired) electrons. The second-order valence-corrected chi connectivity index (χ2v) is 5.50. The van der Waals surface area contributed by atoms with Crippen molar-refractivity contribution in [1.82, 2.24) is 15.5 Å². The molecule has 7 nitrogen and oxygen atoms in total. The molecule has 1 aliphatic heterocycles. The average molecular weight is 361 g/mol. The van der Waals surface area contributed by atoms with E-state index in [0.717, 1.165) is 5.56 Å². The van der Waals surface area contributed by atoms with Gasteiger partial charge in [0.05, 0.1) is 6.54 Å². The predicted molar refractivity (Wildman–Crippen MR) is 81.4 cm³/mol. The summed E-state index contributed by atoms with van der Waals surface area (Å²) in [5.41, 5.74) is 0.862. The first-order valence-corrected chi connectivity index (χ1v) is 7.44. The minimum Gasteiger partial charge on any atom is -0.486 e. The molecule has 0 spiro atoms. The number of hydrogen-bond acceptors (Lipinski definition) is 5. The first-order valence-electron chi connectivity index (χ1n) is 7.44. The van der Waals surface area contributed by atoms with Gasteiger partial charge in [-0.15, -0.1) is 0 Å². The molecule has 1 aliphatic rings. The Labute approximate surface area is 142 Å². The number of urea groups is 1. The molecule has 1 aromatic carbocycles. The molecular weight excluding hydrogens is 343 g/mol. The van der Waals surface area contributed by atoms with Crippen LogP contribution in [0.2, 0.25) is 0 Å². The number of ether oxygens (including phenoxy) is 2. The van der Waals surface area contributed by atoms with Crippen molar-refractivity contribution < 1.29 is 32.2 Å². The summed E-state index contributed by atoms with van der Waals surface area (Å²) in [4.78, 5) is 24.5. The van der Waals surface area contributed by atoms with Crippen LogP contribution in [-0.4, -0.2) is 56.4 Å². The van der Waals surface area contributed by atoms with Crippen molar-refractivity contribution in [2.24, 2.45) is 0 Å². The standard InChI is InChI=1S/C15H18F3N3O4/c1-21(8-13(22)20-14(23)19-9-15(16,17)18)7-10-2-3-11-12(6-10)25-5-4-24-11/h2-3,6H,4-5,7-9H2,1H3,(H2,19,20,22,23). The number of alkyl halides is 3. The monoisotopic (exact) mass is 361 g/mol. The molecule has 0 saturated carbocycles. The van der Waals surface area contributed by atoms with Gasteiger partial charge in [0.2, 0.25) is 5.91 Å². The lowest BCUT2D eigenvalue weighted by molar-refractivity contribution is -0.125. The van der Waals surface area contributed by atoms with Gasteiger partial charge in [0.25, 0.3) is 0 Å². The number of imide groups is 1.